The maximum atomic E-state index is 13.2. The minimum atomic E-state index is -0.830. The molecule has 1 aliphatic heterocycles. The lowest BCUT2D eigenvalue weighted by Gasteiger charge is -2.45. The topological polar surface area (TPSA) is 49.4 Å². The summed E-state index contributed by atoms with van der Waals surface area (Å²) in [5.41, 5.74) is -0.0471. The van der Waals surface area contributed by atoms with E-state index in [4.69, 9.17) is 0 Å². The Labute approximate surface area is 131 Å². The lowest BCUT2D eigenvalue weighted by Crippen LogP contribution is -2.66. The number of nitrogens with one attached hydrogen (secondary N) is 1. The van der Waals surface area contributed by atoms with Crippen molar-refractivity contribution in [3.63, 3.8) is 0 Å². The van der Waals surface area contributed by atoms with Crippen LogP contribution in [0, 0.1) is 5.82 Å². The molecule has 2 rings (SSSR count). The van der Waals surface area contributed by atoms with Crippen LogP contribution in [0.2, 0.25) is 0 Å². The first-order valence-corrected chi connectivity index (χ1v) is 7.76. The average molecular weight is 357 g/mol. The van der Waals surface area contributed by atoms with E-state index >= 15 is 0 Å². The molecule has 0 unspecified atom stereocenters. The molecular formula is C15H18BrFN2O2. The number of amides is 2. The van der Waals surface area contributed by atoms with Gasteiger partial charge in [0, 0.05) is 11.0 Å². The number of carbonyl (C=O) groups is 2. The molecule has 1 aromatic rings. The number of hydrogen-bond acceptors (Lipinski definition) is 2. The van der Waals surface area contributed by atoms with Gasteiger partial charge >= 0.3 is 0 Å². The van der Waals surface area contributed by atoms with Crippen LogP contribution in [-0.4, -0.2) is 28.8 Å². The third kappa shape index (κ3) is 2.81. The van der Waals surface area contributed by atoms with E-state index in [9.17, 15) is 14.0 Å². The van der Waals surface area contributed by atoms with Crippen molar-refractivity contribution in [1.82, 2.24) is 10.2 Å². The predicted molar refractivity (Wildman–Crippen MR) is 81.0 cm³/mol. The Hall–Kier alpha value is -1.43. The van der Waals surface area contributed by atoms with E-state index in [1.165, 1.54) is 12.1 Å². The van der Waals surface area contributed by atoms with E-state index in [-0.39, 0.29) is 30.7 Å². The smallest absolute Gasteiger partial charge is 0.246 e. The second-order valence-electron chi connectivity index (χ2n) is 5.14. The van der Waals surface area contributed by atoms with Crippen LogP contribution in [0.3, 0.4) is 0 Å². The molecule has 114 valence electrons. The summed E-state index contributed by atoms with van der Waals surface area (Å²) in [5.74, 6) is -0.578. The lowest BCUT2D eigenvalue weighted by atomic mass is 9.87. The molecule has 1 aromatic carbocycles. The van der Waals surface area contributed by atoms with Crippen LogP contribution >= 0.6 is 15.9 Å². The molecule has 1 fully saturated rings. The molecule has 0 saturated carbocycles. The Bertz CT molecular complexity index is 573. The number of piperazine rings is 1. The van der Waals surface area contributed by atoms with Crippen molar-refractivity contribution in [2.75, 3.05) is 6.54 Å². The number of benzene rings is 1. The van der Waals surface area contributed by atoms with E-state index in [0.29, 0.717) is 17.3 Å². The van der Waals surface area contributed by atoms with Crippen LogP contribution in [0.5, 0.6) is 0 Å². The predicted octanol–water partition coefficient (Wildman–Crippen LogP) is 2.61. The van der Waals surface area contributed by atoms with Crippen molar-refractivity contribution < 1.29 is 14.0 Å². The van der Waals surface area contributed by atoms with Crippen molar-refractivity contribution >= 4 is 27.7 Å². The second-order valence-corrected chi connectivity index (χ2v) is 5.99. The standard InChI is InChI=1S/C15H18BrFN2O2/c1-3-15(4-2)14(21)18-8-13(20)19(15)9-10-5-6-11(17)7-12(10)16/h5-7H,3-4,8-9H2,1-2H3,(H,18,21). The van der Waals surface area contributed by atoms with Gasteiger partial charge in [0.1, 0.15) is 11.4 Å². The van der Waals surface area contributed by atoms with E-state index in [1.54, 1.807) is 11.0 Å². The summed E-state index contributed by atoms with van der Waals surface area (Å²) in [6.45, 7) is 4.09. The van der Waals surface area contributed by atoms with Crippen LogP contribution in [-0.2, 0) is 16.1 Å². The van der Waals surface area contributed by atoms with Gasteiger partial charge in [-0.1, -0.05) is 35.8 Å². The molecule has 0 aromatic heterocycles. The van der Waals surface area contributed by atoms with Gasteiger partial charge in [0.2, 0.25) is 11.8 Å². The normalized spacial score (nSPS) is 17.8. The van der Waals surface area contributed by atoms with Gasteiger partial charge in [-0.2, -0.15) is 0 Å². The highest BCUT2D eigenvalue weighted by atomic mass is 79.9. The van der Waals surface area contributed by atoms with Gasteiger partial charge in [0.25, 0.3) is 0 Å². The minimum absolute atomic E-state index is 0.0133. The molecule has 0 atom stereocenters. The van der Waals surface area contributed by atoms with Gasteiger partial charge in [0.05, 0.1) is 6.54 Å². The van der Waals surface area contributed by atoms with Crippen LogP contribution in [0.25, 0.3) is 0 Å². The summed E-state index contributed by atoms with van der Waals surface area (Å²) in [7, 11) is 0. The Balaban J connectivity index is 2.37. The first kappa shape index (κ1) is 15.9. The van der Waals surface area contributed by atoms with Crippen molar-refractivity contribution in [2.24, 2.45) is 0 Å². The first-order chi connectivity index (χ1) is 9.94. The zero-order valence-corrected chi connectivity index (χ0v) is 13.7. The fourth-order valence-corrected chi connectivity index (χ4v) is 3.27. The highest BCUT2D eigenvalue weighted by Crippen LogP contribution is 2.30. The minimum Gasteiger partial charge on any atom is -0.345 e. The molecule has 4 nitrogen and oxygen atoms in total. The van der Waals surface area contributed by atoms with Crippen LogP contribution < -0.4 is 5.32 Å². The number of hydrogen-bond donors (Lipinski definition) is 1. The van der Waals surface area contributed by atoms with Crippen molar-refractivity contribution in [2.45, 2.75) is 38.8 Å². The molecule has 1 saturated heterocycles. The average Bonchev–Trinajstić information content (AvgIpc) is 2.46. The summed E-state index contributed by atoms with van der Waals surface area (Å²) in [6, 6.07) is 4.35. The van der Waals surface area contributed by atoms with Gasteiger partial charge in [0.15, 0.2) is 0 Å². The quantitative estimate of drug-likeness (QED) is 0.901. The maximum Gasteiger partial charge on any atom is 0.246 e. The monoisotopic (exact) mass is 356 g/mol. The molecule has 0 aliphatic carbocycles. The zero-order chi connectivity index (χ0) is 15.6. The second kappa shape index (κ2) is 6.13. The van der Waals surface area contributed by atoms with E-state index in [2.05, 4.69) is 21.2 Å². The van der Waals surface area contributed by atoms with Crippen LogP contribution in [0.1, 0.15) is 32.3 Å². The third-order valence-corrected chi connectivity index (χ3v) is 4.89. The molecule has 6 heteroatoms. The van der Waals surface area contributed by atoms with Gasteiger partial charge in [-0.05, 0) is 30.5 Å². The third-order valence-electron chi connectivity index (χ3n) is 4.15. The van der Waals surface area contributed by atoms with Crippen LogP contribution in [0.15, 0.2) is 22.7 Å². The van der Waals surface area contributed by atoms with Gasteiger partial charge < -0.3 is 10.2 Å². The van der Waals surface area contributed by atoms with E-state index in [0.717, 1.165) is 5.56 Å². The Morgan fingerprint density at radius 1 is 1.33 bits per heavy atom. The van der Waals surface area contributed by atoms with Crippen molar-refractivity contribution in [3.05, 3.63) is 34.1 Å². The molecule has 0 bridgehead atoms. The molecule has 0 radical (unpaired) electrons. The number of halogens is 2. The largest absolute Gasteiger partial charge is 0.345 e. The summed E-state index contributed by atoms with van der Waals surface area (Å²) < 4.78 is 13.8. The highest BCUT2D eigenvalue weighted by molar-refractivity contribution is 9.10. The van der Waals surface area contributed by atoms with Crippen LogP contribution in [0.4, 0.5) is 4.39 Å². The maximum absolute atomic E-state index is 13.2. The number of nitrogens with zero attached hydrogens (tertiary/aromatic N) is 1. The van der Waals surface area contributed by atoms with Gasteiger partial charge in [-0.3, -0.25) is 9.59 Å². The Kier molecular flexibility index (Phi) is 4.66. The number of carbonyl (C=O) groups excluding carboxylic acids is 2. The summed E-state index contributed by atoms with van der Waals surface area (Å²) in [4.78, 5) is 26.2. The SMILES string of the molecule is CCC1(CC)C(=O)NCC(=O)N1Cc1ccc(F)cc1Br. The molecular weight excluding hydrogens is 339 g/mol. The molecule has 21 heavy (non-hydrogen) atoms. The van der Waals surface area contributed by atoms with Crippen molar-refractivity contribution in [1.29, 1.82) is 0 Å². The molecule has 1 aliphatic rings. The van der Waals surface area contributed by atoms with Gasteiger partial charge in [-0.15, -0.1) is 0 Å². The fraction of sp³-hybridized carbons (Fsp3) is 0.467. The fourth-order valence-electron chi connectivity index (χ4n) is 2.79. The Morgan fingerprint density at radius 3 is 2.57 bits per heavy atom. The molecule has 0 spiro atoms. The van der Waals surface area contributed by atoms with Gasteiger partial charge in [-0.25, -0.2) is 4.39 Å². The van der Waals surface area contributed by atoms with E-state index < -0.39 is 5.54 Å². The Morgan fingerprint density at radius 2 is 2.00 bits per heavy atom. The highest BCUT2D eigenvalue weighted by Gasteiger charge is 2.46. The van der Waals surface area contributed by atoms with E-state index in [1.807, 2.05) is 13.8 Å². The first-order valence-electron chi connectivity index (χ1n) is 6.97. The molecule has 1 heterocycles. The molecule has 1 N–H and O–H groups in total. The lowest BCUT2D eigenvalue weighted by molar-refractivity contribution is -0.155. The zero-order valence-electron chi connectivity index (χ0n) is 12.1. The number of rotatable bonds is 4. The van der Waals surface area contributed by atoms with Crippen molar-refractivity contribution in [3.8, 4) is 0 Å². The molecule has 2 amide bonds. The summed E-state index contributed by atoms with van der Waals surface area (Å²) in [6.07, 6.45) is 1.08. The summed E-state index contributed by atoms with van der Waals surface area (Å²) >= 11 is 3.31. The summed E-state index contributed by atoms with van der Waals surface area (Å²) in [5, 5.41) is 2.66.